The zero-order chi connectivity index (χ0) is 12.7. The first-order chi connectivity index (χ1) is 8.65. The minimum Gasteiger partial charge on any atom is -0.478 e. The normalized spacial score (nSPS) is 10.9. The molecule has 0 saturated carbocycles. The molecule has 0 fully saturated rings. The maximum absolute atomic E-state index is 10.9. The Hall–Kier alpha value is -2.14. The number of thiophene rings is 1. The summed E-state index contributed by atoms with van der Waals surface area (Å²) in [7, 11) is 0. The van der Waals surface area contributed by atoms with Gasteiger partial charge in [0.2, 0.25) is 0 Å². The van der Waals surface area contributed by atoms with Crippen LogP contribution in [0.3, 0.4) is 0 Å². The predicted octanol–water partition coefficient (Wildman–Crippen LogP) is 3.30. The first-order valence-electron chi connectivity index (χ1n) is 5.42. The van der Waals surface area contributed by atoms with Crippen molar-refractivity contribution in [2.24, 2.45) is 0 Å². The second kappa shape index (κ2) is 3.96. The number of nitrogens with one attached hydrogen (secondary N) is 1. The van der Waals surface area contributed by atoms with E-state index in [0.717, 1.165) is 27.3 Å². The van der Waals surface area contributed by atoms with E-state index in [2.05, 4.69) is 9.97 Å². The third-order valence-corrected chi connectivity index (χ3v) is 3.83. The number of aromatic amines is 1. The first kappa shape index (κ1) is 11.0. The number of hydrogen-bond acceptors (Lipinski definition) is 3. The molecule has 2 heterocycles. The van der Waals surface area contributed by atoms with E-state index < -0.39 is 5.97 Å². The van der Waals surface area contributed by atoms with E-state index in [1.54, 1.807) is 29.5 Å². The zero-order valence-corrected chi connectivity index (χ0v) is 10.4. The van der Waals surface area contributed by atoms with Gasteiger partial charge in [-0.25, -0.2) is 9.78 Å². The lowest BCUT2D eigenvalue weighted by Gasteiger charge is -1.92. The van der Waals surface area contributed by atoms with Gasteiger partial charge in [-0.05, 0) is 42.1 Å². The molecule has 5 heteroatoms. The van der Waals surface area contributed by atoms with Gasteiger partial charge in [-0.1, -0.05) is 0 Å². The molecule has 0 aliphatic rings. The van der Waals surface area contributed by atoms with E-state index >= 15 is 0 Å². The Kier molecular flexibility index (Phi) is 2.41. The lowest BCUT2D eigenvalue weighted by atomic mass is 10.2. The van der Waals surface area contributed by atoms with E-state index in [4.69, 9.17) is 5.11 Å². The van der Waals surface area contributed by atoms with Crippen LogP contribution in [-0.4, -0.2) is 21.0 Å². The van der Waals surface area contributed by atoms with Crippen molar-refractivity contribution in [2.45, 2.75) is 6.92 Å². The summed E-state index contributed by atoms with van der Waals surface area (Å²) in [5.41, 5.74) is 2.96. The number of aryl methyl sites for hydroxylation is 1. The van der Waals surface area contributed by atoms with Crippen LogP contribution in [0.15, 0.2) is 29.6 Å². The van der Waals surface area contributed by atoms with Crippen molar-refractivity contribution in [3.63, 3.8) is 0 Å². The van der Waals surface area contributed by atoms with Gasteiger partial charge < -0.3 is 10.1 Å². The fraction of sp³-hybridized carbons (Fsp3) is 0.0769. The highest BCUT2D eigenvalue weighted by Crippen LogP contribution is 2.28. The van der Waals surface area contributed by atoms with Crippen LogP contribution >= 0.6 is 11.3 Å². The van der Waals surface area contributed by atoms with E-state index in [1.807, 2.05) is 18.4 Å². The average molecular weight is 258 g/mol. The molecule has 0 aliphatic heterocycles. The summed E-state index contributed by atoms with van der Waals surface area (Å²) in [6.45, 7) is 2.03. The Morgan fingerprint density at radius 2 is 2.22 bits per heavy atom. The fourth-order valence-electron chi connectivity index (χ4n) is 1.87. The largest absolute Gasteiger partial charge is 0.478 e. The van der Waals surface area contributed by atoms with Gasteiger partial charge in [0.05, 0.1) is 21.5 Å². The topological polar surface area (TPSA) is 66.0 Å². The third-order valence-electron chi connectivity index (χ3n) is 2.81. The van der Waals surface area contributed by atoms with Crippen LogP contribution in [0, 0.1) is 6.92 Å². The van der Waals surface area contributed by atoms with Gasteiger partial charge in [0.1, 0.15) is 5.82 Å². The van der Waals surface area contributed by atoms with Crippen LogP contribution in [0.25, 0.3) is 21.7 Å². The van der Waals surface area contributed by atoms with Gasteiger partial charge in [-0.15, -0.1) is 11.3 Å². The predicted molar refractivity (Wildman–Crippen MR) is 71.1 cm³/mol. The molecule has 0 unspecified atom stereocenters. The number of rotatable bonds is 2. The minimum absolute atomic E-state index is 0.264. The van der Waals surface area contributed by atoms with Crippen LogP contribution in [0.5, 0.6) is 0 Å². The molecule has 0 bridgehead atoms. The number of aromatic carboxylic acids is 1. The van der Waals surface area contributed by atoms with Crippen LogP contribution < -0.4 is 0 Å². The van der Waals surface area contributed by atoms with Crippen molar-refractivity contribution in [1.29, 1.82) is 0 Å². The molecule has 0 aliphatic carbocycles. The number of nitrogens with zero attached hydrogens (tertiary/aromatic N) is 1. The van der Waals surface area contributed by atoms with E-state index in [0.29, 0.717) is 0 Å². The average Bonchev–Trinajstić information content (AvgIpc) is 2.92. The fourth-order valence-corrected chi connectivity index (χ4v) is 2.74. The lowest BCUT2D eigenvalue weighted by molar-refractivity contribution is 0.0697. The van der Waals surface area contributed by atoms with Gasteiger partial charge in [-0.3, -0.25) is 0 Å². The van der Waals surface area contributed by atoms with Crippen molar-refractivity contribution in [2.75, 3.05) is 0 Å². The summed E-state index contributed by atoms with van der Waals surface area (Å²) in [4.78, 5) is 19.6. The number of carboxylic acid groups (broad SMARTS) is 1. The molecule has 0 saturated heterocycles. The number of H-pyrrole nitrogens is 1. The van der Waals surface area contributed by atoms with Crippen molar-refractivity contribution in [3.05, 3.63) is 40.8 Å². The zero-order valence-electron chi connectivity index (χ0n) is 9.60. The molecule has 0 atom stereocenters. The van der Waals surface area contributed by atoms with Crippen LogP contribution in [0.2, 0.25) is 0 Å². The molecule has 4 nitrogen and oxygen atoms in total. The van der Waals surface area contributed by atoms with E-state index in [1.165, 1.54) is 0 Å². The highest BCUT2D eigenvalue weighted by Gasteiger charge is 2.10. The monoisotopic (exact) mass is 258 g/mol. The highest BCUT2D eigenvalue weighted by atomic mass is 32.1. The molecule has 2 N–H and O–H groups in total. The lowest BCUT2D eigenvalue weighted by Crippen LogP contribution is -1.94. The van der Waals surface area contributed by atoms with Gasteiger partial charge in [-0.2, -0.15) is 0 Å². The third kappa shape index (κ3) is 1.69. The number of benzene rings is 1. The summed E-state index contributed by atoms with van der Waals surface area (Å²) in [5, 5.41) is 11.0. The van der Waals surface area contributed by atoms with Crippen LogP contribution in [0.1, 0.15) is 15.9 Å². The maximum atomic E-state index is 10.9. The van der Waals surface area contributed by atoms with E-state index in [9.17, 15) is 4.79 Å². The molecular formula is C13H10N2O2S. The van der Waals surface area contributed by atoms with Crippen molar-refractivity contribution in [3.8, 4) is 10.7 Å². The van der Waals surface area contributed by atoms with Crippen molar-refractivity contribution < 1.29 is 9.90 Å². The molecule has 18 heavy (non-hydrogen) atoms. The Labute approximate surface area is 107 Å². The Morgan fingerprint density at radius 1 is 1.39 bits per heavy atom. The Bertz CT molecular complexity index is 742. The number of hydrogen-bond donors (Lipinski definition) is 2. The summed E-state index contributed by atoms with van der Waals surface area (Å²) in [6, 6.07) is 6.94. The number of fused-ring (bicyclic) bond motifs is 1. The van der Waals surface area contributed by atoms with Gasteiger partial charge in [0, 0.05) is 0 Å². The second-order valence-corrected chi connectivity index (χ2v) is 4.97. The Morgan fingerprint density at radius 3 is 2.89 bits per heavy atom. The molecule has 3 rings (SSSR count). The maximum Gasteiger partial charge on any atom is 0.335 e. The van der Waals surface area contributed by atoms with Crippen molar-refractivity contribution in [1.82, 2.24) is 9.97 Å². The summed E-state index contributed by atoms with van der Waals surface area (Å²) >= 11 is 1.62. The Balaban J connectivity index is 2.17. The van der Waals surface area contributed by atoms with Crippen LogP contribution in [0.4, 0.5) is 0 Å². The number of carboxylic acids is 1. The standard InChI is InChI=1S/C13H10N2O2S/c1-7-4-5-18-11(7)12-14-9-3-2-8(13(16)17)6-10(9)15-12/h2-6H,1H3,(H,14,15)(H,16,17). The van der Waals surface area contributed by atoms with Crippen molar-refractivity contribution >= 4 is 28.3 Å². The van der Waals surface area contributed by atoms with Gasteiger partial charge >= 0.3 is 5.97 Å². The molecule has 1 aromatic carbocycles. The molecule has 90 valence electrons. The van der Waals surface area contributed by atoms with E-state index in [-0.39, 0.29) is 5.56 Å². The molecule has 2 aromatic heterocycles. The smallest absolute Gasteiger partial charge is 0.335 e. The molecule has 0 spiro atoms. The SMILES string of the molecule is Cc1ccsc1-c1nc2ccc(C(=O)O)cc2[nH]1. The molecule has 0 amide bonds. The summed E-state index contributed by atoms with van der Waals surface area (Å²) < 4.78 is 0. The second-order valence-electron chi connectivity index (χ2n) is 4.06. The van der Waals surface area contributed by atoms with Crippen LogP contribution in [-0.2, 0) is 0 Å². The number of imidazole rings is 1. The van der Waals surface area contributed by atoms with Gasteiger partial charge in [0.15, 0.2) is 0 Å². The first-order valence-corrected chi connectivity index (χ1v) is 6.30. The number of carbonyl (C=O) groups is 1. The quantitative estimate of drug-likeness (QED) is 0.741. The minimum atomic E-state index is -0.930. The summed E-state index contributed by atoms with van der Waals surface area (Å²) in [6.07, 6.45) is 0. The summed E-state index contributed by atoms with van der Waals surface area (Å²) in [5.74, 6) is -0.139. The molecule has 0 radical (unpaired) electrons. The highest BCUT2D eigenvalue weighted by molar-refractivity contribution is 7.13. The molecular weight excluding hydrogens is 248 g/mol. The number of aromatic nitrogens is 2. The molecule has 3 aromatic rings. The van der Waals surface area contributed by atoms with Gasteiger partial charge in [0.25, 0.3) is 0 Å².